The van der Waals surface area contributed by atoms with E-state index in [0.717, 1.165) is 31.1 Å². The average Bonchev–Trinajstić information content (AvgIpc) is 3.03. The molecule has 8 heteroatoms. The first-order valence-corrected chi connectivity index (χ1v) is 8.07. The summed E-state index contributed by atoms with van der Waals surface area (Å²) in [5, 5.41) is 4.41. The molecule has 25 heavy (non-hydrogen) atoms. The number of nitrogens with zero attached hydrogens (tertiary/aromatic N) is 3. The largest absolute Gasteiger partial charge is 0.381 e. The van der Waals surface area contributed by atoms with Gasteiger partial charge in [0.15, 0.2) is 5.82 Å². The van der Waals surface area contributed by atoms with Crippen LogP contribution in [-0.2, 0) is 11.3 Å². The summed E-state index contributed by atoms with van der Waals surface area (Å²) < 4.78 is 33.7. The lowest BCUT2D eigenvalue weighted by Crippen LogP contribution is -2.48. The minimum Gasteiger partial charge on any atom is -0.381 e. The number of piperidine rings is 1. The third-order valence-electron chi connectivity index (χ3n) is 4.56. The van der Waals surface area contributed by atoms with Gasteiger partial charge >= 0.3 is 0 Å². The molecule has 0 bridgehead atoms. The zero-order chi connectivity index (χ0) is 17.1. The maximum atomic E-state index is 13.9. The lowest BCUT2D eigenvalue weighted by Gasteiger charge is -2.38. The standard InChI is InChI=1S/C17H22F2N4O.ClH/c1-24-15-5-6-22(14(9-15)10-20)11-13-4-7-23(21-13)17-3-2-12(18)8-16(17)19;/h2-4,7-8,14-15H,5-6,9-11,20H2,1H3;1H. The fourth-order valence-corrected chi connectivity index (χ4v) is 3.19. The van der Waals surface area contributed by atoms with Crippen LogP contribution in [0.5, 0.6) is 0 Å². The molecule has 138 valence electrons. The van der Waals surface area contributed by atoms with Gasteiger partial charge in [0.05, 0.1) is 11.8 Å². The van der Waals surface area contributed by atoms with Gasteiger partial charge in [-0.2, -0.15) is 5.10 Å². The van der Waals surface area contributed by atoms with Crippen LogP contribution in [0.1, 0.15) is 18.5 Å². The van der Waals surface area contributed by atoms with Crippen LogP contribution in [0.2, 0.25) is 0 Å². The van der Waals surface area contributed by atoms with Gasteiger partial charge in [-0.1, -0.05) is 0 Å². The van der Waals surface area contributed by atoms with E-state index in [-0.39, 0.29) is 30.2 Å². The Morgan fingerprint density at radius 3 is 2.80 bits per heavy atom. The van der Waals surface area contributed by atoms with Gasteiger partial charge in [-0.15, -0.1) is 12.4 Å². The molecular formula is C17H23ClF2N4O. The van der Waals surface area contributed by atoms with Gasteiger partial charge < -0.3 is 10.5 Å². The zero-order valence-corrected chi connectivity index (χ0v) is 14.9. The highest BCUT2D eigenvalue weighted by atomic mass is 35.5. The van der Waals surface area contributed by atoms with E-state index in [0.29, 0.717) is 13.1 Å². The number of hydrogen-bond acceptors (Lipinski definition) is 4. The number of rotatable bonds is 5. The van der Waals surface area contributed by atoms with Crippen molar-refractivity contribution >= 4 is 12.4 Å². The van der Waals surface area contributed by atoms with Gasteiger partial charge in [-0.05, 0) is 31.0 Å². The second-order valence-electron chi connectivity index (χ2n) is 6.09. The molecule has 0 aliphatic carbocycles. The van der Waals surface area contributed by atoms with E-state index in [9.17, 15) is 8.78 Å². The number of methoxy groups -OCH3 is 1. The van der Waals surface area contributed by atoms with Crippen molar-refractivity contribution in [3.63, 3.8) is 0 Å². The monoisotopic (exact) mass is 372 g/mol. The molecule has 1 aromatic heterocycles. The van der Waals surface area contributed by atoms with Crippen molar-refractivity contribution in [1.29, 1.82) is 0 Å². The molecule has 1 saturated heterocycles. The van der Waals surface area contributed by atoms with Crippen molar-refractivity contribution in [1.82, 2.24) is 14.7 Å². The fourth-order valence-electron chi connectivity index (χ4n) is 3.19. The van der Waals surface area contributed by atoms with Gasteiger partial charge in [0, 0.05) is 45.0 Å². The maximum Gasteiger partial charge on any atom is 0.151 e. The van der Waals surface area contributed by atoms with Crippen molar-refractivity contribution in [3.8, 4) is 5.69 Å². The van der Waals surface area contributed by atoms with Crippen LogP contribution < -0.4 is 5.73 Å². The van der Waals surface area contributed by atoms with Crippen molar-refractivity contribution in [2.75, 3.05) is 20.2 Å². The summed E-state index contributed by atoms with van der Waals surface area (Å²) in [6.07, 6.45) is 3.80. The van der Waals surface area contributed by atoms with E-state index in [2.05, 4.69) is 10.00 Å². The van der Waals surface area contributed by atoms with E-state index < -0.39 is 11.6 Å². The lowest BCUT2D eigenvalue weighted by atomic mass is 9.99. The Balaban J connectivity index is 0.00000225. The van der Waals surface area contributed by atoms with Crippen LogP contribution in [-0.4, -0.2) is 47.0 Å². The Bertz CT molecular complexity index is 697. The first kappa shape index (κ1) is 19.8. The van der Waals surface area contributed by atoms with Crippen LogP contribution in [0, 0.1) is 11.6 Å². The predicted octanol–water partition coefficient (Wildman–Crippen LogP) is 2.51. The molecule has 1 aliphatic heterocycles. The molecule has 0 amide bonds. The van der Waals surface area contributed by atoms with E-state index in [1.54, 1.807) is 13.3 Å². The first-order chi connectivity index (χ1) is 11.6. The first-order valence-electron chi connectivity index (χ1n) is 8.07. The molecule has 3 rings (SSSR count). The Labute approximate surface area is 152 Å². The molecule has 2 aromatic rings. The summed E-state index contributed by atoms with van der Waals surface area (Å²) in [6, 6.07) is 5.56. The molecule has 1 aromatic carbocycles. The highest BCUT2D eigenvalue weighted by Crippen LogP contribution is 2.21. The number of hydrogen-bond donors (Lipinski definition) is 1. The van der Waals surface area contributed by atoms with Gasteiger partial charge in [0.25, 0.3) is 0 Å². The summed E-state index contributed by atoms with van der Waals surface area (Å²) in [5.74, 6) is -1.24. The Kier molecular flexibility index (Phi) is 6.89. The van der Waals surface area contributed by atoms with Crippen LogP contribution in [0.15, 0.2) is 30.5 Å². The molecule has 0 saturated carbocycles. The van der Waals surface area contributed by atoms with E-state index in [1.807, 2.05) is 6.07 Å². The molecule has 5 nitrogen and oxygen atoms in total. The Hall–Kier alpha value is -1.54. The summed E-state index contributed by atoms with van der Waals surface area (Å²) in [4.78, 5) is 2.28. The number of benzene rings is 1. The van der Waals surface area contributed by atoms with Gasteiger partial charge in [-0.3, -0.25) is 4.90 Å². The summed E-state index contributed by atoms with van der Waals surface area (Å²) in [7, 11) is 1.73. The summed E-state index contributed by atoms with van der Waals surface area (Å²) in [5.41, 5.74) is 6.95. The maximum absolute atomic E-state index is 13.9. The zero-order valence-electron chi connectivity index (χ0n) is 14.1. The number of nitrogens with two attached hydrogens (primary N) is 1. The summed E-state index contributed by atoms with van der Waals surface area (Å²) in [6.45, 7) is 2.10. The molecule has 1 fully saturated rings. The van der Waals surface area contributed by atoms with Crippen molar-refractivity contribution in [2.45, 2.75) is 31.5 Å². The van der Waals surface area contributed by atoms with Crippen molar-refractivity contribution < 1.29 is 13.5 Å². The summed E-state index contributed by atoms with van der Waals surface area (Å²) >= 11 is 0. The van der Waals surface area contributed by atoms with Crippen LogP contribution in [0.3, 0.4) is 0 Å². The SMILES string of the molecule is COC1CCN(Cc2ccn(-c3ccc(F)cc3F)n2)C(CN)C1.Cl. The van der Waals surface area contributed by atoms with Crippen molar-refractivity contribution in [2.24, 2.45) is 5.73 Å². The minimum absolute atomic E-state index is 0. The van der Waals surface area contributed by atoms with Gasteiger partial charge in [0.1, 0.15) is 11.5 Å². The normalized spacial score (nSPS) is 21.1. The highest BCUT2D eigenvalue weighted by molar-refractivity contribution is 5.85. The Morgan fingerprint density at radius 1 is 1.32 bits per heavy atom. The third kappa shape index (κ3) is 4.55. The molecular weight excluding hydrogens is 350 g/mol. The molecule has 2 N–H and O–H groups in total. The number of halogens is 3. The van der Waals surface area contributed by atoms with Crippen LogP contribution in [0.25, 0.3) is 5.69 Å². The third-order valence-corrected chi connectivity index (χ3v) is 4.56. The predicted molar refractivity (Wildman–Crippen MR) is 94.0 cm³/mol. The van der Waals surface area contributed by atoms with Crippen molar-refractivity contribution in [3.05, 3.63) is 47.8 Å². The van der Waals surface area contributed by atoms with Crippen LogP contribution >= 0.6 is 12.4 Å². The Morgan fingerprint density at radius 2 is 2.12 bits per heavy atom. The average molecular weight is 373 g/mol. The van der Waals surface area contributed by atoms with Crippen LogP contribution in [0.4, 0.5) is 8.78 Å². The molecule has 2 atom stereocenters. The van der Waals surface area contributed by atoms with E-state index >= 15 is 0 Å². The second-order valence-corrected chi connectivity index (χ2v) is 6.09. The smallest absolute Gasteiger partial charge is 0.151 e. The fraction of sp³-hybridized carbons (Fsp3) is 0.471. The number of aromatic nitrogens is 2. The molecule has 2 heterocycles. The number of ether oxygens (including phenoxy) is 1. The molecule has 2 unspecified atom stereocenters. The molecule has 0 radical (unpaired) electrons. The lowest BCUT2D eigenvalue weighted by molar-refractivity contribution is 0.00975. The minimum atomic E-state index is -0.634. The quantitative estimate of drug-likeness (QED) is 0.876. The van der Waals surface area contributed by atoms with E-state index in [4.69, 9.17) is 10.5 Å². The van der Waals surface area contributed by atoms with Gasteiger partial charge in [-0.25, -0.2) is 13.5 Å². The van der Waals surface area contributed by atoms with E-state index in [1.165, 1.54) is 16.8 Å². The topological polar surface area (TPSA) is 56.3 Å². The second kappa shape index (κ2) is 8.71. The molecule has 0 spiro atoms. The highest BCUT2D eigenvalue weighted by Gasteiger charge is 2.27. The van der Waals surface area contributed by atoms with Gasteiger partial charge in [0.2, 0.25) is 0 Å². The number of likely N-dealkylation sites (tertiary alicyclic amines) is 1. The molecule has 1 aliphatic rings.